The number of aliphatic hydroxyl groups is 1. The normalized spacial score (nSPS) is 13.8. The fourth-order valence-corrected chi connectivity index (χ4v) is 1.90. The van der Waals surface area contributed by atoms with Crippen molar-refractivity contribution in [3.8, 4) is 17.2 Å². The third kappa shape index (κ3) is 4.67. The molecule has 0 radical (unpaired) electrons. The minimum Gasteiger partial charge on any atom is -0.496 e. The Morgan fingerprint density at radius 1 is 1.08 bits per heavy atom. The number of hydrogen-bond donors (Lipinski definition) is 2. The van der Waals surface area contributed by atoms with E-state index in [9.17, 15) is 23.1 Å². The SMILES string of the molecule is COc1cc(OC)c(OC)cc1CNC(=O)C[C@@](C)(O)C(F)(F)F. The van der Waals surface area contributed by atoms with Gasteiger partial charge in [-0.1, -0.05) is 0 Å². The topological polar surface area (TPSA) is 77.0 Å². The summed E-state index contributed by atoms with van der Waals surface area (Å²) in [6, 6.07) is 3.08. The summed E-state index contributed by atoms with van der Waals surface area (Å²) in [5.41, 5.74) is -2.62. The number of halogens is 3. The molecule has 1 rings (SSSR count). The Balaban J connectivity index is 2.85. The molecule has 0 bridgehead atoms. The molecule has 0 saturated heterocycles. The lowest BCUT2D eigenvalue weighted by Gasteiger charge is -2.25. The van der Waals surface area contributed by atoms with Crippen molar-refractivity contribution >= 4 is 5.91 Å². The molecule has 1 aromatic carbocycles. The second-order valence-corrected chi connectivity index (χ2v) is 5.24. The van der Waals surface area contributed by atoms with Crippen LogP contribution in [0.2, 0.25) is 0 Å². The van der Waals surface area contributed by atoms with Crippen LogP contribution in [0.5, 0.6) is 17.2 Å². The van der Waals surface area contributed by atoms with Gasteiger partial charge in [-0.3, -0.25) is 4.79 Å². The van der Waals surface area contributed by atoms with E-state index in [1.165, 1.54) is 27.4 Å². The van der Waals surface area contributed by atoms with Crippen molar-refractivity contribution in [1.29, 1.82) is 0 Å². The maximum absolute atomic E-state index is 12.6. The Labute approximate surface area is 137 Å². The van der Waals surface area contributed by atoms with Crippen LogP contribution < -0.4 is 19.5 Å². The van der Waals surface area contributed by atoms with Crippen molar-refractivity contribution in [1.82, 2.24) is 5.32 Å². The van der Waals surface area contributed by atoms with Gasteiger partial charge in [0.25, 0.3) is 0 Å². The molecule has 1 atom stereocenters. The third-order valence-corrected chi connectivity index (χ3v) is 3.38. The zero-order valence-electron chi connectivity index (χ0n) is 13.8. The van der Waals surface area contributed by atoms with Gasteiger partial charge in [0, 0.05) is 18.2 Å². The van der Waals surface area contributed by atoms with Gasteiger partial charge in [0.2, 0.25) is 5.91 Å². The summed E-state index contributed by atoms with van der Waals surface area (Å²) in [5, 5.41) is 11.6. The first-order chi connectivity index (χ1) is 11.1. The molecule has 2 N–H and O–H groups in total. The number of nitrogens with one attached hydrogen (secondary N) is 1. The zero-order chi connectivity index (χ0) is 18.5. The van der Waals surface area contributed by atoms with Crippen molar-refractivity contribution in [2.24, 2.45) is 0 Å². The summed E-state index contributed by atoms with van der Waals surface area (Å²) < 4.78 is 53.1. The van der Waals surface area contributed by atoms with Crippen LogP contribution in [0.4, 0.5) is 13.2 Å². The van der Waals surface area contributed by atoms with Crippen molar-refractivity contribution in [2.45, 2.75) is 31.7 Å². The van der Waals surface area contributed by atoms with Gasteiger partial charge in [0.05, 0.1) is 27.8 Å². The average molecular weight is 351 g/mol. The molecule has 0 aliphatic rings. The molecule has 0 heterocycles. The summed E-state index contributed by atoms with van der Waals surface area (Å²) in [6.45, 7) is 0.444. The van der Waals surface area contributed by atoms with E-state index in [2.05, 4.69) is 5.32 Å². The number of hydrogen-bond acceptors (Lipinski definition) is 5. The van der Waals surface area contributed by atoms with Crippen LogP contribution in [-0.2, 0) is 11.3 Å². The van der Waals surface area contributed by atoms with Gasteiger partial charge >= 0.3 is 6.18 Å². The van der Waals surface area contributed by atoms with E-state index in [4.69, 9.17) is 14.2 Å². The van der Waals surface area contributed by atoms with Gasteiger partial charge in [-0.15, -0.1) is 0 Å². The Morgan fingerprint density at radius 2 is 1.58 bits per heavy atom. The summed E-state index contributed by atoms with van der Waals surface area (Å²) in [4.78, 5) is 11.7. The summed E-state index contributed by atoms with van der Waals surface area (Å²) in [7, 11) is 4.27. The van der Waals surface area contributed by atoms with Gasteiger partial charge < -0.3 is 24.6 Å². The highest BCUT2D eigenvalue weighted by Gasteiger charge is 2.50. The van der Waals surface area contributed by atoms with Crippen molar-refractivity contribution in [2.75, 3.05) is 21.3 Å². The molecule has 0 aromatic heterocycles. The lowest BCUT2D eigenvalue weighted by Crippen LogP contribution is -2.46. The first kappa shape index (κ1) is 19.9. The largest absolute Gasteiger partial charge is 0.496 e. The molecule has 0 spiro atoms. The van der Waals surface area contributed by atoms with Crippen LogP contribution in [0.3, 0.4) is 0 Å². The number of benzene rings is 1. The standard InChI is InChI=1S/C15H20F3NO5/c1-14(21,15(16,17)18)7-13(20)19-8-9-5-11(23-3)12(24-4)6-10(9)22-2/h5-6,21H,7-8H2,1-4H3,(H,19,20)/t14-/m1/s1. The lowest BCUT2D eigenvalue weighted by molar-refractivity contribution is -0.253. The van der Waals surface area contributed by atoms with Gasteiger partial charge in [0.1, 0.15) is 5.75 Å². The molecule has 6 nitrogen and oxygen atoms in total. The number of amides is 1. The minimum atomic E-state index is -4.90. The monoisotopic (exact) mass is 351 g/mol. The Kier molecular flexibility index (Phi) is 6.30. The van der Waals surface area contributed by atoms with Crippen LogP contribution >= 0.6 is 0 Å². The Bertz CT molecular complexity index is 587. The number of alkyl halides is 3. The molecule has 1 amide bonds. The molecule has 0 saturated carbocycles. The highest BCUT2D eigenvalue weighted by Crippen LogP contribution is 2.35. The predicted octanol–water partition coefficient (Wildman–Crippen LogP) is 2.03. The first-order valence-corrected chi connectivity index (χ1v) is 6.90. The highest BCUT2D eigenvalue weighted by atomic mass is 19.4. The Hall–Kier alpha value is -2.16. The molecule has 24 heavy (non-hydrogen) atoms. The first-order valence-electron chi connectivity index (χ1n) is 6.90. The number of methoxy groups -OCH3 is 3. The quantitative estimate of drug-likeness (QED) is 0.786. The van der Waals surface area contributed by atoms with Crippen molar-refractivity contribution in [3.63, 3.8) is 0 Å². The van der Waals surface area contributed by atoms with Crippen molar-refractivity contribution in [3.05, 3.63) is 17.7 Å². The van der Waals surface area contributed by atoms with Crippen LogP contribution in [-0.4, -0.2) is 44.1 Å². The fourth-order valence-electron chi connectivity index (χ4n) is 1.90. The third-order valence-electron chi connectivity index (χ3n) is 3.38. The van der Waals surface area contributed by atoms with E-state index in [1.54, 1.807) is 6.07 Å². The smallest absolute Gasteiger partial charge is 0.417 e. The summed E-state index contributed by atoms with van der Waals surface area (Å²) in [6.07, 6.45) is -6.00. The second kappa shape index (κ2) is 7.61. The fraction of sp³-hybridized carbons (Fsp3) is 0.533. The predicted molar refractivity (Wildman–Crippen MR) is 79.2 cm³/mol. The van der Waals surface area contributed by atoms with E-state index in [1.807, 2.05) is 0 Å². The highest BCUT2D eigenvalue weighted by molar-refractivity contribution is 5.77. The van der Waals surface area contributed by atoms with Crippen molar-refractivity contribution < 1.29 is 37.3 Å². The van der Waals surface area contributed by atoms with Crippen LogP contribution in [0.1, 0.15) is 18.9 Å². The summed E-state index contributed by atoms with van der Waals surface area (Å²) in [5.74, 6) is 0.207. The van der Waals surface area contributed by atoms with E-state index >= 15 is 0 Å². The molecule has 136 valence electrons. The molecule has 0 fully saturated rings. The molecular formula is C15H20F3NO5. The van der Waals surface area contributed by atoms with Gasteiger partial charge in [-0.25, -0.2) is 0 Å². The van der Waals surface area contributed by atoms with Gasteiger partial charge in [-0.2, -0.15) is 13.2 Å². The van der Waals surface area contributed by atoms with E-state index < -0.39 is 24.1 Å². The van der Waals surface area contributed by atoms with Gasteiger partial charge in [0.15, 0.2) is 17.1 Å². The molecule has 1 aromatic rings. The van der Waals surface area contributed by atoms with Crippen LogP contribution in [0.25, 0.3) is 0 Å². The maximum atomic E-state index is 12.6. The minimum absolute atomic E-state index is 0.101. The number of carbonyl (C=O) groups is 1. The zero-order valence-corrected chi connectivity index (χ0v) is 13.8. The Morgan fingerprint density at radius 3 is 2.04 bits per heavy atom. The summed E-state index contributed by atoms with van der Waals surface area (Å²) >= 11 is 0. The van der Waals surface area contributed by atoms with E-state index in [0.717, 1.165) is 0 Å². The molecule has 0 unspecified atom stereocenters. The number of ether oxygens (including phenoxy) is 3. The van der Waals surface area contributed by atoms with Gasteiger partial charge in [-0.05, 0) is 13.0 Å². The van der Waals surface area contributed by atoms with E-state index in [-0.39, 0.29) is 6.54 Å². The lowest BCUT2D eigenvalue weighted by atomic mass is 10.0. The van der Waals surface area contributed by atoms with Crippen LogP contribution in [0, 0.1) is 0 Å². The molecular weight excluding hydrogens is 331 g/mol. The molecule has 0 aliphatic carbocycles. The average Bonchev–Trinajstić information content (AvgIpc) is 2.50. The molecule has 9 heteroatoms. The maximum Gasteiger partial charge on any atom is 0.417 e. The van der Waals surface area contributed by atoms with Crippen LogP contribution in [0.15, 0.2) is 12.1 Å². The second-order valence-electron chi connectivity index (χ2n) is 5.24. The van der Waals surface area contributed by atoms with E-state index in [0.29, 0.717) is 29.7 Å². The number of carbonyl (C=O) groups excluding carboxylic acids is 1. The molecule has 0 aliphatic heterocycles. The number of rotatable bonds is 7.